The quantitative estimate of drug-likeness (QED) is 0.154. The van der Waals surface area contributed by atoms with Gasteiger partial charge in [0.15, 0.2) is 12.4 Å². The Balaban J connectivity index is 5.78. The van der Waals surface area contributed by atoms with Crippen molar-refractivity contribution in [2.75, 3.05) is 0 Å². The molecule has 0 radical (unpaired) electrons. The number of aliphatic hydroxyl groups is 1. The Kier molecular flexibility index (Phi) is 8.35. The Hall–Kier alpha value is -0.0400. The molecule has 4 atom stereocenters. The molecule has 14 nitrogen and oxygen atoms in total. The highest BCUT2D eigenvalue weighted by molar-refractivity contribution is 7.47. The fraction of sp³-hybridized carbons (Fsp3) is 0.833. The van der Waals surface area contributed by atoms with Crippen LogP contribution in [0.5, 0.6) is 0 Å². The van der Waals surface area contributed by atoms with E-state index in [1.54, 1.807) is 0 Å². The van der Waals surface area contributed by atoms with Gasteiger partial charge in [0.05, 0.1) is 6.10 Å². The normalized spacial score (nSPS) is 19.0. The first kappa shape index (κ1) is 23.0. The second-order valence-electron chi connectivity index (χ2n) is 4.06. The summed E-state index contributed by atoms with van der Waals surface area (Å²) >= 11 is 0. The van der Waals surface area contributed by atoms with Crippen molar-refractivity contribution in [2.45, 2.75) is 31.3 Å². The summed E-state index contributed by atoms with van der Waals surface area (Å²) in [6.07, 6.45) is -9.45. The molecule has 0 bridgehead atoms. The second kappa shape index (κ2) is 8.37. The van der Waals surface area contributed by atoms with Crippen LogP contribution in [0.3, 0.4) is 0 Å². The van der Waals surface area contributed by atoms with Crippen LogP contribution in [0.15, 0.2) is 0 Å². The molecule has 0 aliphatic rings. The molecule has 0 aliphatic heterocycles. The summed E-state index contributed by atoms with van der Waals surface area (Å²) in [6.45, 7) is 0.843. The summed E-state index contributed by atoms with van der Waals surface area (Å²) in [4.78, 5) is 63.1. The Morgan fingerprint density at radius 1 is 0.783 bits per heavy atom. The fourth-order valence-electron chi connectivity index (χ4n) is 1.37. The van der Waals surface area contributed by atoms with Crippen LogP contribution in [-0.2, 0) is 32.1 Å². The van der Waals surface area contributed by atoms with Crippen LogP contribution in [0.2, 0.25) is 0 Å². The van der Waals surface area contributed by atoms with Crippen LogP contribution in [0, 0.1) is 0 Å². The molecule has 17 heteroatoms. The molecule has 0 unspecified atom stereocenters. The van der Waals surface area contributed by atoms with E-state index in [0.717, 1.165) is 6.92 Å². The van der Waals surface area contributed by atoms with Crippen LogP contribution in [0.1, 0.15) is 6.92 Å². The summed E-state index contributed by atoms with van der Waals surface area (Å²) in [5.41, 5.74) is 0. The molecule has 0 aromatic rings. The van der Waals surface area contributed by atoms with Crippen molar-refractivity contribution in [3.8, 4) is 0 Å². The first-order valence-electron chi connectivity index (χ1n) is 5.41. The molecule has 0 amide bonds. The zero-order valence-electron chi connectivity index (χ0n) is 11.2. The molecule has 0 spiro atoms. The predicted octanol–water partition coefficient (Wildman–Crippen LogP) is -2.00. The van der Waals surface area contributed by atoms with Gasteiger partial charge >= 0.3 is 23.5 Å². The van der Waals surface area contributed by atoms with E-state index in [1.165, 1.54) is 0 Å². The zero-order valence-corrected chi connectivity index (χ0v) is 13.9. The molecule has 0 saturated carbocycles. The smallest absolute Gasteiger partial charge is 0.391 e. The maximum Gasteiger partial charge on any atom is 0.470 e. The minimum absolute atomic E-state index is 0.363. The van der Waals surface area contributed by atoms with Gasteiger partial charge in [-0.05, 0) is 6.92 Å². The van der Waals surface area contributed by atoms with Gasteiger partial charge in [-0.3, -0.25) is 13.6 Å². The number of phosphoric ester groups is 3. The number of hydrogen-bond donors (Lipinski definition) is 7. The van der Waals surface area contributed by atoms with Crippen molar-refractivity contribution in [1.29, 1.82) is 0 Å². The molecular weight excluding hydrogens is 389 g/mol. The van der Waals surface area contributed by atoms with Crippen molar-refractivity contribution >= 4 is 29.8 Å². The van der Waals surface area contributed by atoms with E-state index in [2.05, 4.69) is 13.6 Å². The van der Waals surface area contributed by atoms with Crippen molar-refractivity contribution in [2.24, 2.45) is 0 Å². The highest BCUT2D eigenvalue weighted by Crippen LogP contribution is 2.46. The van der Waals surface area contributed by atoms with Crippen LogP contribution in [0.4, 0.5) is 0 Å². The van der Waals surface area contributed by atoms with E-state index < -0.39 is 47.9 Å². The molecule has 138 valence electrons. The van der Waals surface area contributed by atoms with E-state index in [4.69, 9.17) is 29.4 Å². The highest BCUT2D eigenvalue weighted by atomic mass is 31.2. The third kappa shape index (κ3) is 10.4. The summed E-state index contributed by atoms with van der Waals surface area (Å²) < 4.78 is 44.5. The van der Waals surface area contributed by atoms with Gasteiger partial charge in [0.2, 0.25) is 0 Å². The molecule has 0 saturated heterocycles. The van der Waals surface area contributed by atoms with Crippen LogP contribution in [0.25, 0.3) is 0 Å². The lowest BCUT2D eigenvalue weighted by atomic mass is 10.1. The highest BCUT2D eigenvalue weighted by Gasteiger charge is 2.44. The summed E-state index contributed by atoms with van der Waals surface area (Å²) in [5.74, 6) is 0. The third-order valence-corrected chi connectivity index (χ3v) is 3.59. The van der Waals surface area contributed by atoms with Gasteiger partial charge < -0.3 is 39.3 Å². The molecule has 0 aliphatic carbocycles. The van der Waals surface area contributed by atoms with Gasteiger partial charge in [-0.2, -0.15) is 0 Å². The minimum atomic E-state index is -5.45. The molecule has 0 aromatic carbocycles. The fourth-order valence-corrected chi connectivity index (χ4v) is 3.02. The molecular formula is C6H15O14P3. The maximum absolute atomic E-state index is 10.9. The number of hydrogen-bond acceptors (Lipinski definition) is 8. The second-order valence-corrected chi connectivity index (χ2v) is 7.63. The van der Waals surface area contributed by atoms with Crippen molar-refractivity contribution < 1.29 is 66.5 Å². The van der Waals surface area contributed by atoms with Gasteiger partial charge in [0, 0.05) is 0 Å². The predicted molar refractivity (Wildman–Crippen MR) is 68.5 cm³/mol. The van der Waals surface area contributed by atoms with Crippen molar-refractivity contribution in [3.63, 3.8) is 0 Å². The van der Waals surface area contributed by atoms with E-state index in [1.807, 2.05) is 0 Å². The zero-order chi connectivity index (χ0) is 18.6. The number of aliphatic hydroxyl groups excluding tert-OH is 1. The lowest BCUT2D eigenvalue weighted by Gasteiger charge is -2.32. The Labute approximate surface area is 128 Å². The van der Waals surface area contributed by atoms with E-state index in [9.17, 15) is 23.6 Å². The Morgan fingerprint density at radius 3 is 1.39 bits per heavy atom. The largest absolute Gasteiger partial charge is 0.470 e. The van der Waals surface area contributed by atoms with Gasteiger partial charge in [0.25, 0.3) is 0 Å². The Morgan fingerprint density at radius 2 is 1.13 bits per heavy atom. The molecule has 0 aromatic heterocycles. The molecule has 0 fully saturated rings. The molecule has 23 heavy (non-hydrogen) atoms. The number of rotatable bonds is 10. The van der Waals surface area contributed by atoms with E-state index in [-0.39, 0.29) is 6.29 Å². The van der Waals surface area contributed by atoms with Gasteiger partial charge in [-0.15, -0.1) is 0 Å². The number of carbonyl (C=O) groups excluding carboxylic acids is 1. The standard InChI is InChI=1S/C6H15O14P3/c1-3(8)5(19-22(12,13)14)6(20-23(15,16)17)4(2-7)18-21(9,10)11/h2-6,8H,1H3,(H2,9,10,11)(H2,12,13,14)(H2,15,16,17)/t3-,4+,5+,6-/m0/s1. The molecule has 0 rings (SSSR count). The van der Waals surface area contributed by atoms with Crippen LogP contribution >= 0.6 is 23.5 Å². The van der Waals surface area contributed by atoms with E-state index in [0.29, 0.717) is 0 Å². The number of carbonyl (C=O) groups is 1. The molecule has 7 N–H and O–H groups in total. The maximum atomic E-state index is 10.9. The molecule has 0 heterocycles. The minimum Gasteiger partial charge on any atom is -0.391 e. The first-order chi connectivity index (χ1) is 10.1. The van der Waals surface area contributed by atoms with E-state index >= 15 is 0 Å². The topological polar surface area (TPSA) is 238 Å². The number of aldehydes is 1. The van der Waals surface area contributed by atoms with Gasteiger partial charge in [0.1, 0.15) is 12.2 Å². The monoisotopic (exact) mass is 404 g/mol. The summed E-state index contributed by atoms with van der Waals surface area (Å²) in [6, 6.07) is 0. The summed E-state index contributed by atoms with van der Waals surface area (Å²) in [5, 5.41) is 9.42. The first-order valence-corrected chi connectivity index (χ1v) is 10.00. The van der Waals surface area contributed by atoms with Crippen LogP contribution in [-0.4, -0.2) is 65.2 Å². The lowest BCUT2D eigenvalue weighted by molar-refractivity contribution is -0.128. The lowest BCUT2D eigenvalue weighted by Crippen LogP contribution is -2.47. The van der Waals surface area contributed by atoms with Crippen molar-refractivity contribution in [3.05, 3.63) is 0 Å². The van der Waals surface area contributed by atoms with Gasteiger partial charge in [-0.25, -0.2) is 13.7 Å². The third-order valence-electron chi connectivity index (χ3n) is 2.03. The summed E-state index contributed by atoms with van der Waals surface area (Å²) in [7, 11) is -16.2. The average Bonchev–Trinajstić information content (AvgIpc) is 2.26. The average molecular weight is 404 g/mol. The van der Waals surface area contributed by atoms with Crippen molar-refractivity contribution in [1.82, 2.24) is 0 Å². The van der Waals surface area contributed by atoms with Crippen LogP contribution < -0.4 is 0 Å². The van der Waals surface area contributed by atoms with Gasteiger partial charge in [-0.1, -0.05) is 0 Å². The number of phosphoric acid groups is 3. The Bertz CT molecular complexity index is 527. The SMILES string of the molecule is C[C@H](O)[C@@H](OP(=O)(O)O)[C@@H](OP(=O)(O)O)[C@@H](C=O)OP(=O)(O)O.